The van der Waals surface area contributed by atoms with Crippen molar-refractivity contribution in [2.24, 2.45) is 0 Å². The van der Waals surface area contributed by atoms with Crippen LogP contribution in [-0.4, -0.2) is 0 Å². The van der Waals surface area contributed by atoms with Gasteiger partial charge in [0.15, 0.2) is 0 Å². The number of rotatable bonds is 2. The van der Waals surface area contributed by atoms with Crippen LogP contribution in [0.15, 0.2) is 47.8 Å². The van der Waals surface area contributed by atoms with E-state index in [0.29, 0.717) is 6.42 Å². The first kappa shape index (κ1) is 11.1. The quantitative estimate of drug-likeness (QED) is 0.688. The molecular weight excluding hydrogens is 206 g/mol. The first-order chi connectivity index (χ1) is 7.66. The van der Waals surface area contributed by atoms with E-state index in [0.717, 1.165) is 12.0 Å². The first-order valence-corrected chi connectivity index (χ1v) is 5.47. The van der Waals surface area contributed by atoms with E-state index in [1.54, 1.807) is 12.1 Å². The molecule has 0 spiro atoms. The Kier molecular flexibility index (Phi) is 3.18. The highest BCUT2D eigenvalue weighted by molar-refractivity contribution is 5.32. The Balaban J connectivity index is 2.19. The SMILES string of the molecule is CC(C1=CC=C(F)CC1)c1ccc(F)cc1. The van der Waals surface area contributed by atoms with Crippen molar-refractivity contribution in [2.75, 3.05) is 0 Å². The summed E-state index contributed by atoms with van der Waals surface area (Å²) in [5, 5.41) is 0. The minimum Gasteiger partial charge on any atom is -0.212 e. The molecule has 0 bridgehead atoms. The lowest BCUT2D eigenvalue weighted by molar-refractivity contribution is 0.574. The van der Waals surface area contributed by atoms with Crippen LogP contribution in [0.3, 0.4) is 0 Å². The smallest absolute Gasteiger partial charge is 0.123 e. The number of allylic oxidation sites excluding steroid dienone is 4. The summed E-state index contributed by atoms with van der Waals surface area (Å²) >= 11 is 0. The fraction of sp³-hybridized carbons (Fsp3) is 0.286. The molecule has 0 radical (unpaired) electrons. The molecule has 16 heavy (non-hydrogen) atoms. The summed E-state index contributed by atoms with van der Waals surface area (Å²) in [5.41, 5.74) is 2.27. The Labute approximate surface area is 94.3 Å². The normalized spacial score (nSPS) is 17.7. The average Bonchev–Trinajstić information content (AvgIpc) is 2.30. The minimum atomic E-state index is -0.223. The monoisotopic (exact) mass is 220 g/mol. The lowest BCUT2D eigenvalue weighted by atomic mass is 9.88. The molecule has 0 saturated heterocycles. The molecule has 0 fully saturated rings. The predicted octanol–water partition coefficient (Wildman–Crippen LogP) is 4.50. The van der Waals surface area contributed by atoms with Crippen LogP contribution in [0.4, 0.5) is 8.78 Å². The van der Waals surface area contributed by atoms with E-state index in [2.05, 4.69) is 6.92 Å². The lowest BCUT2D eigenvalue weighted by Crippen LogP contribution is -2.01. The van der Waals surface area contributed by atoms with Gasteiger partial charge < -0.3 is 0 Å². The molecule has 2 rings (SSSR count). The van der Waals surface area contributed by atoms with E-state index < -0.39 is 0 Å². The summed E-state index contributed by atoms with van der Waals surface area (Å²) < 4.78 is 25.6. The van der Waals surface area contributed by atoms with Crippen molar-refractivity contribution in [3.05, 3.63) is 59.2 Å². The van der Waals surface area contributed by atoms with Gasteiger partial charge in [0, 0.05) is 12.3 Å². The zero-order chi connectivity index (χ0) is 11.5. The highest BCUT2D eigenvalue weighted by Crippen LogP contribution is 2.31. The molecule has 1 aliphatic carbocycles. The molecule has 1 aromatic rings. The maximum atomic E-state index is 12.8. The van der Waals surface area contributed by atoms with Crippen LogP contribution in [0.5, 0.6) is 0 Å². The van der Waals surface area contributed by atoms with E-state index in [9.17, 15) is 8.78 Å². The Hall–Kier alpha value is -1.44. The van der Waals surface area contributed by atoms with Gasteiger partial charge in [0.1, 0.15) is 11.6 Å². The van der Waals surface area contributed by atoms with E-state index in [4.69, 9.17) is 0 Å². The number of halogens is 2. The average molecular weight is 220 g/mol. The third-order valence-electron chi connectivity index (χ3n) is 3.06. The molecule has 2 heteroatoms. The van der Waals surface area contributed by atoms with Crippen LogP contribution in [0, 0.1) is 5.82 Å². The fourth-order valence-electron chi connectivity index (χ4n) is 1.95. The Bertz CT molecular complexity index is 427. The van der Waals surface area contributed by atoms with Crippen molar-refractivity contribution in [3.8, 4) is 0 Å². The van der Waals surface area contributed by atoms with Gasteiger partial charge >= 0.3 is 0 Å². The van der Waals surface area contributed by atoms with Gasteiger partial charge in [-0.25, -0.2) is 8.78 Å². The Morgan fingerprint density at radius 2 is 1.69 bits per heavy atom. The molecule has 84 valence electrons. The van der Waals surface area contributed by atoms with E-state index >= 15 is 0 Å². The molecule has 0 heterocycles. The van der Waals surface area contributed by atoms with E-state index in [-0.39, 0.29) is 17.6 Å². The molecule has 1 aromatic carbocycles. The van der Waals surface area contributed by atoms with Crippen LogP contribution in [0.2, 0.25) is 0 Å². The molecule has 0 aliphatic heterocycles. The van der Waals surface area contributed by atoms with Crippen molar-refractivity contribution in [3.63, 3.8) is 0 Å². The van der Waals surface area contributed by atoms with Crippen molar-refractivity contribution < 1.29 is 8.78 Å². The van der Waals surface area contributed by atoms with Gasteiger partial charge in [-0.15, -0.1) is 0 Å². The van der Waals surface area contributed by atoms with Crippen molar-refractivity contribution >= 4 is 0 Å². The molecule has 0 aromatic heterocycles. The van der Waals surface area contributed by atoms with Gasteiger partial charge in [-0.2, -0.15) is 0 Å². The molecule has 1 unspecified atom stereocenters. The third-order valence-corrected chi connectivity index (χ3v) is 3.06. The predicted molar refractivity (Wildman–Crippen MR) is 61.3 cm³/mol. The maximum Gasteiger partial charge on any atom is 0.123 e. The minimum absolute atomic E-state index is 0.0601. The van der Waals surface area contributed by atoms with Crippen LogP contribution < -0.4 is 0 Å². The van der Waals surface area contributed by atoms with Gasteiger partial charge in [-0.05, 0) is 30.2 Å². The van der Waals surface area contributed by atoms with Gasteiger partial charge in [-0.3, -0.25) is 0 Å². The van der Waals surface area contributed by atoms with Crippen LogP contribution >= 0.6 is 0 Å². The third kappa shape index (κ3) is 2.38. The maximum absolute atomic E-state index is 12.8. The second-order valence-corrected chi connectivity index (χ2v) is 4.13. The standard InChI is InChI=1S/C14H14F2/c1-10(11-2-6-13(15)7-3-11)12-4-8-14(16)9-5-12/h2-4,6-8,10H,5,9H2,1H3. The molecule has 0 amide bonds. The summed E-state index contributed by atoms with van der Waals surface area (Å²) in [5.74, 6) is -0.0560. The van der Waals surface area contributed by atoms with Crippen molar-refractivity contribution in [1.82, 2.24) is 0 Å². The van der Waals surface area contributed by atoms with E-state index in [1.807, 2.05) is 6.08 Å². The second-order valence-electron chi connectivity index (χ2n) is 4.13. The summed E-state index contributed by atoms with van der Waals surface area (Å²) in [4.78, 5) is 0. The molecule has 1 atom stereocenters. The Morgan fingerprint density at radius 1 is 1.00 bits per heavy atom. The zero-order valence-corrected chi connectivity index (χ0v) is 9.21. The zero-order valence-electron chi connectivity index (χ0n) is 9.21. The summed E-state index contributed by atoms with van der Waals surface area (Å²) in [6.45, 7) is 2.07. The number of hydrogen-bond acceptors (Lipinski definition) is 0. The topological polar surface area (TPSA) is 0 Å². The summed E-state index contributed by atoms with van der Waals surface area (Å²) in [6.07, 6.45) is 4.60. The first-order valence-electron chi connectivity index (χ1n) is 5.47. The molecular formula is C14H14F2. The number of hydrogen-bond donors (Lipinski definition) is 0. The van der Waals surface area contributed by atoms with Gasteiger partial charge in [0.2, 0.25) is 0 Å². The molecule has 0 N–H and O–H groups in total. The highest BCUT2D eigenvalue weighted by atomic mass is 19.1. The summed E-state index contributed by atoms with van der Waals surface area (Å²) in [7, 11) is 0. The van der Waals surface area contributed by atoms with Gasteiger partial charge in [-0.1, -0.05) is 30.7 Å². The largest absolute Gasteiger partial charge is 0.212 e. The lowest BCUT2D eigenvalue weighted by Gasteiger charge is -2.18. The second kappa shape index (κ2) is 4.60. The van der Waals surface area contributed by atoms with Crippen molar-refractivity contribution in [1.29, 1.82) is 0 Å². The number of benzene rings is 1. The molecule has 1 aliphatic rings. The van der Waals surface area contributed by atoms with Crippen LogP contribution in [0.1, 0.15) is 31.2 Å². The Morgan fingerprint density at radius 3 is 2.25 bits per heavy atom. The van der Waals surface area contributed by atoms with E-state index in [1.165, 1.54) is 23.8 Å². The molecule has 0 nitrogen and oxygen atoms in total. The fourth-order valence-corrected chi connectivity index (χ4v) is 1.95. The van der Waals surface area contributed by atoms with Crippen molar-refractivity contribution in [2.45, 2.75) is 25.7 Å². The summed E-state index contributed by atoms with van der Waals surface area (Å²) in [6, 6.07) is 6.50. The highest BCUT2D eigenvalue weighted by Gasteiger charge is 2.14. The van der Waals surface area contributed by atoms with Crippen LogP contribution in [0.25, 0.3) is 0 Å². The van der Waals surface area contributed by atoms with Gasteiger partial charge in [0.25, 0.3) is 0 Å². The van der Waals surface area contributed by atoms with Crippen LogP contribution in [-0.2, 0) is 0 Å². The molecule has 0 saturated carbocycles. The van der Waals surface area contributed by atoms with Gasteiger partial charge in [0.05, 0.1) is 0 Å².